The number of hydrogen-bond donors (Lipinski definition) is 1. The van der Waals surface area contributed by atoms with E-state index in [9.17, 15) is 13.2 Å². The Morgan fingerprint density at radius 1 is 1.17 bits per heavy atom. The number of carbonyl (C=O) groups is 1. The van der Waals surface area contributed by atoms with Gasteiger partial charge in [0.05, 0.1) is 36.9 Å². The first-order valence-electron chi connectivity index (χ1n) is 8.80. The Balaban J connectivity index is 1.91. The zero-order valence-electron chi connectivity index (χ0n) is 16.4. The first kappa shape index (κ1) is 22.3. The Kier molecular flexibility index (Phi) is 6.54. The highest BCUT2D eigenvalue weighted by molar-refractivity contribution is 7.92. The van der Waals surface area contributed by atoms with Crippen molar-refractivity contribution in [2.45, 2.75) is 12.5 Å². The second kappa shape index (κ2) is 8.79. The molecule has 11 heteroatoms. The number of methoxy groups -OCH3 is 2. The Labute approximate surface area is 184 Å². The predicted molar refractivity (Wildman–Crippen MR) is 116 cm³/mol. The number of nitrogens with one attached hydrogen (secondary N) is 1. The molecule has 0 aliphatic carbocycles. The summed E-state index contributed by atoms with van der Waals surface area (Å²) in [6.45, 7) is 0.0470. The van der Waals surface area contributed by atoms with Crippen molar-refractivity contribution < 1.29 is 27.4 Å². The zero-order valence-corrected chi connectivity index (χ0v) is 18.8. The number of anilines is 2. The Morgan fingerprint density at radius 2 is 1.87 bits per heavy atom. The normalized spacial score (nSPS) is 16.2. The summed E-state index contributed by atoms with van der Waals surface area (Å²) in [4.78, 5) is 12.9. The Morgan fingerprint density at radius 3 is 2.50 bits per heavy atom. The molecule has 0 saturated carbocycles. The van der Waals surface area contributed by atoms with Gasteiger partial charge >= 0.3 is 0 Å². The van der Waals surface area contributed by atoms with Gasteiger partial charge in [-0.2, -0.15) is 0 Å². The summed E-state index contributed by atoms with van der Waals surface area (Å²) >= 11 is 12.1. The number of rotatable bonds is 5. The largest absolute Gasteiger partial charge is 0.495 e. The molecule has 2 aromatic rings. The second-order valence-electron chi connectivity index (χ2n) is 6.52. The molecule has 0 spiro atoms. The lowest BCUT2D eigenvalue weighted by Gasteiger charge is -2.21. The predicted octanol–water partition coefficient (Wildman–Crippen LogP) is 3.57. The molecule has 0 fully saturated rings. The van der Waals surface area contributed by atoms with Crippen LogP contribution in [-0.2, 0) is 14.8 Å². The maximum atomic E-state index is 12.9. The fourth-order valence-corrected chi connectivity index (χ4v) is 4.39. The minimum absolute atomic E-state index is 0.0470. The highest BCUT2D eigenvalue weighted by atomic mass is 35.5. The Bertz CT molecular complexity index is 1080. The van der Waals surface area contributed by atoms with Gasteiger partial charge in [0.15, 0.2) is 6.10 Å². The van der Waals surface area contributed by atoms with Crippen LogP contribution >= 0.6 is 23.2 Å². The molecule has 0 bridgehead atoms. The molecular formula is C19H20Cl2N2O6S. The molecule has 3 rings (SSSR count). The van der Waals surface area contributed by atoms with Crippen LogP contribution in [0.15, 0.2) is 30.3 Å². The number of ether oxygens (including phenoxy) is 3. The molecule has 1 unspecified atom stereocenters. The van der Waals surface area contributed by atoms with Gasteiger partial charge in [-0.3, -0.25) is 9.10 Å². The first-order chi connectivity index (χ1) is 14.1. The monoisotopic (exact) mass is 474 g/mol. The molecule has 1 heterocycles. The minimum Gasteiger partial charge on any atom is -0.495 e. The highest BCUT2D eigenvalue weighted by Gasteiger charge is 2.32. The van der Waals surface area contributed by atoms with Gasteiger partial charge in [0, 0.05) is 30.1 Å². The lowest BCUT2D eigenvalue weighted by molar-refractivity contribution is -0.122. The molecule has 1 atom stereocenters. The third kappa shape index (κ3) is 4.69. The summed E-state index contributed by atoms with van der Waals surface area (Å²) in [6.07, 6.45) is 0.254. The molecule has 1 aliphatic rings. The van der Waals surface area contributed by atoms with Crippen LogP contribution in [0, 0.1) is 0 Å². The van der Waals surface area contributed by atoms with Gasteiger partial charge in [-0.1, -0.05) is 23.2 Å². The van der Waals surface area contributed by atoms with Gasteiger partial charge in [0.25, 0.3) is 5.91 Å². The SMILES string of the molecule is COc1cc(NC(=O)C2CCN(S(C)(=O)=O)c3cc(Cl)ccc3O2)c(OC)cc1Cl. The molecule has 1 N–H and O–H groups in total. The van der Waals surface area contributed by atoms with Crippen molar-refractivity contribution in [2.75, 3.05) is 36.6 Å². The van der Waals surface area contributed by atoms with Crippen LogP contribution in [0.4, 0.5) is 11.4 Å². The highest BCUT2D eigenvalue weighted by Crippen LogP contribution is 2.38. The van der Waals surface area contributed by atoms with Crippen molar-refractivity contribution in [3.63, 3.8) is 0 Å². The maximum Gasteiger partial charge on any atom is 0.265 e. The van der Waals surface area contributed by atoms with Crippen molar-refractivity contribution in [1.29, 1.82) is 0 Å². The maximum absolute atomic E-state index is 12.9. The summed E-state index contributed by atoms with van der Waals surface area (Å²) in [7, 11) is -0.702. The van der Waals surface area contributed by atoms with Gasteiger partial charge in [0.1, 0.15) is 17.2 Å². The molecule has 30 heavy (non-hydrogen) atoms. The van der Waals surface area contributed by atoms with E-state index in [4.69, 9.17) is 37.4 Å². The van der Waals surface area contributed by atoms with Crippen LogP contribution in [0.1, 0.15) is 6.42 Å². The second-order valence-corrected chi connectivity index (χ2v) is 9.27. The molecule has 1 aliphatic heterocycles. The standard InChI is InChI=1S/C19H20Cl2N2O6S/c1-27-17-10-13(18(28-2)9-12(17)21)22-19(24)16-6-7-23(30(3,25)26)14-8-11(20)4-5-15(14)29-16/h4-5,8-10,16H,6-7H2,1-3H3,(H,22,24). The number of amides is 1. The topological polar surface area (TPSA) is 94.2 Å². The molecule has 8 nitrogen and oxygen atoms in total. The van der Waals surface area contributed by atoms with Crippen molar-refractivity contribution in [1.82, 2.24) is 0 Å². The molecule has 1 amide bonds. The van der Waals surface area contributed by atoms with Crippen molar-refractivity contribution in [3.8, 4) is 17.2 Å². The lowest BCUT2D eigenvalue weighted by Crippen LogP contribution is -2.36. The summed E-state index contributed by atoms with van der Waals surface area (Å²) in [6, 6.07) is 7.64. The van der Waals surface area contributed by atoms with E-state index in [0.29, 0.717) is 27.2 Å². The van der Waals surface area contributed by atoms with Crippen LogP contribution in [0.25, 0.3) is 0 Å². The molecule has 0 radical (unpaired) electrons. The van der Waals surface area contributed by atoms with Crippen LogP contribution in [0.2, 0.25) is 10.0 Å². The van der Waals surface area contributed by atoms with Crippen molar-refractivity contribution in [3.05, 3.63) is 40.4 Å². The third-order valence-electron chi connectivity index (χ3n) is 4.48. The van der Waals surface area contributed by atoms with Gasteiger partial charge in [-0.05, 0) is 18.2 Å². The van der Waals surface area contributed by atoms with E-state index in [1.54, 1.807) is 6.07 Å². The van der Waals surface area contributed by atoms with Gasteiger partial charge < -0.3 is 19.5 Å². The van der Waals surface area contributed by atoms with Gasteiger partial charge in [-0.15, -0.1) is 0 Å². The number of fused-ring (bicyclic) bond motifs is 1. The number of benzene rings is 2. The summed E-state index contributed by atoms with van der Waals surface area (Å²) in [5.74, 6) is 0.461. The number of nitrogens with zero attached hydrogens (tertiary/aromatic N) is 1. The molecular weight excluding hydrogens is 455 g/mol. The average molecular weight is 475 g/mol. The quantitative estimate of drug-likeness (QED) is 0.711. The van der Waals surface area contributed by atoms with E-state index < -0.39 is 22.0 Å². The first-order valence-corrected chi connectivity index (χ1v) is 11.4. The van der Waals surface area contributed by atoms with Crippen molar-refractivity contribution >= 4 is 50.5 Å². The fourth-order valence-electron chi connectivity index (χ4n) is 3.05. The van der Waals surface area contributed by atoms with E-state index in [0.717, 1.165) is 6.26 Å². The Hall–Kier alpha value is -2.36. The van der Waals surface area contributed by atoms with E-state index in [1.807, 2.05) is 0 Å². The number of carbonyl (C=O) groups excluding carboxylic acids is 1. The molecule has 0 saturated heterocycles. The van der Waals surface area contributed by atoms with Gasteiger partial charge in [-0.25, -0.2) is 8.42 Å². The van der Waals surface area contributed by atoms with Crippen LogP contribution in [0.3, 0.4) is 0 Å². The zero-order chi connectivity index (χ0) is 22.1. The fraction of sp³-hybridized carbons (Fsp3) is 0.316. The smallest absolute Gasteiger partial charge is 0.265 e. The number of sulfonamides is 1. The minimum atomic E-state index is -3.60. The third-order valence-corrected chi connectivity index (χ3v) is 6.19. The molecule has 0 aromatic heterocycles. The van der Waals surface area contributed by atoms with E-state index in [1.165, 1.54) is 42.8 Å². The average Bonchev–Trinajstić information content (AvgIpc) is 2.88. The van der Waals surface area contributed by atoms with E-state index in [2.05, 4.69) is 5.32 Å². The molecule has 162 valence electrons. The summed E-state index contributed by atoms with van der Waals surface area (Å²) in [5, 5.41) is 3.42. The van der Waals surface area contributed by atoms with E-state index >= 15 is 0 Å². The summed E-state index contributed by atoms with van der Waals surface area (Å²) in [5.41, 5.74) is 0.624. The van der Waals surface area contributed by atoms with Crippen LogP contribution < -0.4 is 23.8 Å². The molecule has 2 aromatic carbocycles. The van der Waals surface area contributed by atoms with Crippen molar-refractivity contribution in [2.24, 2.45) is 0 Å². The summed E-state index contributed by atoms with van der Waals surface area (Å²) < 4.78 is 42.0. The van der Waals surface area contributed by atoms with Crippen LogP contribution in [0.5, 0.6) is 17.2 Å². The number of halogens is 2. The lowest BCUT2D eigenvalue weighted by atomic mass is 10.2. The van der Waals surface area contributed by atoms with E-state index in [-0.39, 0.29) is 24.4 Å². The van der Waals surface area contributed by atoms with Crippen LogP contribution in [-0.4, -0.2) is 47.4 Å². The van der Waals surface area contributed by atoms with Gasteiger partial charge in [0.2, 0.25) is 10.0 Å². The number of hydrogen-bond acceptors (Lipinski definition) is 6.